The van der Waals surface area contributed by atoms with Crippen molar-refractivity contribution in [3.63, 3.8) is 0 Å². The van der Waals surface area contributed by atoms with Crippen LogP contribution in [0.2, 0.25) is 0 Å². The van der Waals surface area contributed by atoms with Crippen LogP contribution in [0.3, 0.4) is 0 Å². The van der Waals surface area contributed by atoms with Crippen LogP contribution in [-0.4, -0.2) is 19.1 Å². The van der Waals surface area contributed by atoms with Crippen LogP contribution >= 0.6 is 28.1 Å². The van der Waals surface area contributed by atoms with E-state index in [1.54, 1.807) is 18.6 Å². The average molecular weight is 355 g/mol. The van der Waals surface area contributed by atoms with Gasteiger partial charge in [-0.05, 0) is 40.6 Å². The summed E-state index contributed by atoms with van der Waals surface area (Å²) in [6, 6.07) is 3.22. The summed E-state index contributed by atoms with van der Waals surface area (Å²) in [6.45, 7) is 1.59. The predicted molar refractivity (Wildman–Crippen MR) is 81.6 cm³/mol. The molecule has 0 aliphatic rings. The Labute approximate surface area is 128 Å². The zero-order valence-electron chi connectivity index (χ0n) is 10.5. The summed E-state index contributed by atoms with van der Waals surface area (Å²) in [4.78, 5) is 7.10. The highest BCUT2D eigenvalue weighted by atomic mass is 79.9. The Kier molecular flexibility index (Phi) is 3.71. The van der Waals surface area contributed by atoms with Gasteiger partial charge in [-0.1, -0.05) is 0 Å². The van der Waals surface area contributed by atoms with Gasteiger partial charge in [0, 0.05) is 31.5 Å². The van der Waals surface area contributed by atoms with Gasteiger partial charge in [-0.3, -0.25) is 0 Å². The lowest BCUT2D eigenvalue weighted by Crippen LogP contribution is -2.03. The molecular formula is C13H12BrFN4S. The van der Waals surface area contributed by atoms with Gasteiger partial charge in [0.05, 0.1) is 21.8 Å². The molecule has 0 spiro atoms. The number of hydrogen-bond donors (Lipinski definition) is 1. The number of nitrogens with one attached hydrogen (secondary N) is 1. The Morgan fingerprint density at radius 2 is 2.20 bits per heavy atom. The van der Waals surface area contributed by atoms with E-state index in [9.17, 15) is 4.39 Å². The van der Waals surface area contributed by atoms with Crippen LogP contribution < -0.4 is 0 Å². The normalized spacial score (nSPS) is 11.3. The van der Waals surface area contributed by atoms with Gasteiger partial charge in [0.1, 0.15) is 5.82 Å². The van der Waals surface area contributed by atoms with Crippen molar-refractivity contribution in [1.29, 1.82) is 0 Å². The smallest absolute Gasteiger partial charge is 0.178 e. The molecule has 0 saturated carbocycles. The molecule has 3 aromatic rings. The maximum Gasteiger partial charge on any atom is 0.178 e. The minimum Gasteiger partial charge on any atom is -0.337 e. The second-order valence-corrected chi connectivity index (χ2v) is 5.76. The molecule has 0 unspecified atom stereocenters. The molecule has 0 bridgehead atoms. The molecule has 2 aromatic heterocycles. The summed E-state index contributed by atoms with van der Waals surface area (Å²) in [5.74, 6) is -0.283. The molecule has 3 rings (SSSR count). The molecule has 1 N–H and O–H groups in total. The number of aromatic nitrogens is 4. The Balaban J connectivity index is 1.85. The van der Waals surface area contributed by atoms with E-state index < -0.39 is 0 Å². The van der Waals surface area contributed by atoms with Gasteiger partial charge in [-0.25, -0.2) is 9.37 Å². The lowest BCUT2D eigenvalue weighted by molar-refractivity contribution is 0.566. The zero-order valence-corrected chi connectivity index (χ0v) is 12.9. The number of aryl methyl sites for hydroxylation is 2. The fourth-order valence-electron chi connectivity index (χ4n) is 2.20. The SMILES string of the molecule is Fc1cc2c(cc1Br)[nH]c(=S)n2CCCn1ccnc1. The van der Waals surface area contributed by atoms with Gasteiger partial charge in [0.15, 0.2) is 4.77 Å². The highest BCUT2D eigenvalue weighted by Crippen LogP contribution is 2.23. The summed E-state index contributed by atoms with van der Waals surface area (Å²) in [5.41, 5.74) is 1.63. The van der Waals surface area contributed by atoms with Gasteiger partial charge in [0.2, 0.25) is 0 Å². The topological polar surface area (TPSA) is 38.5 Å². The first-order chi connectivity index (χ1) is 9.65. The summed E-state index contributed by atoms with van der Waals surface area (Å²) in [5, 5.41) is 0. The Hall–Kier alpha value is -1.47. The number of imidazole rings is 2. The lowest BCUT2D eigenvalue weighted by atomic mass is 10.3. The van der Waals surface area contributed by atoms with Gasteiger partial charge in [-0.15, -0.1) is 0 Å². The Morgan fingerprint density at radius 1 is 1.35 bits per heavy atom. The van der Waals surface area contributed by atoms with Crippen molar-refractivity contribution in [2.45, 2.75) is 19.5 Å². The molecule has 0 atom stereocenters. The van der Waals surface area contributed by atoms with Crippen LogP contribution in [0.1, 0.15) is 6.42 Å². The first kappa shape index (κ1) is 13.5. The monoisotopic (exact) mass is 354 g/mol. The van der Waals surface area contributed by atoms with Crippen LogP contribution in [-0.2, 0) is 13.1 Å². The summed E-state index contributed by atoms with van der Waals surface area (Å²) >= 11 is 8.48. The third-order valence-electron chi connectivity index (χ3n) is 3.17. The third-order valence-corrected chi connectivity index (χ3v) is 4.10. The number of benzene rings is 1. The van der Waals surface area contributed by atoms with E-state index in [0.29, 0.717) is 9.24 Å². The van der Waals surface area contributed by atoms with E-state index in [-0.39, 0.29) is 5.82 Å². The second kappa shape index (κ2) is 5.49. The Morgan fingerprint density at radius 3 is 2.95 bits per heavy atom. The molecule has 0 aliphatic heterocycles. The van der Waals surface area contributed by atoms with Crippen molar-refractivity contribution in [2.75, 3.05) is 0 Å². The zero-order chi connectivity index (χ0) is 14.1. The number of rotatable bonds is 4. The molecule has 104 valence electrons. The maximum absolute atomic E-state index is 13.7. The fourth-order valence-corrected chi connectivity index (χ4v) is 2.85. The van der Waals surface area contributed by atoms with E-state index in [1.165, 1.54) is 6.07 Å². The van der Waals surface area contributed by atoms with Crippen LogP contribution in [0.25, 0.3) is 11.0 Å². The minimum absolute atomic E-state index is 0.283. The molecular weight excluding hydrogens is 343 g/mol. The molecule has 0 aliphatic carbocycles. The number of hydrogen-bond acceptors (Lipinski definition) is 2. The van der Waals surface area contributed by atoms with Gasteiger partial charge in [0.25, 0.3) is 0 Å². The third kappa shape index (κ3) is 2.55. The number of halogens is 2. The van der Waals surface area contributed by atoms with Crippen molar-refractivity contribution in [1.82, 2.24) is 19.1 Å². The van der Waals surface area contributed by atoms with Crippen molar-refractivity contribution in [3.05, 3.63) is 45.9 Å². The quantitative estimate of drug-likeness (QED) is 0.722. The summed E-state index contributed by atoms with van der Waals surface area (Å²) in [7, 11) is 0. The van der Waals surface area contributed by atoms with Crippen LogP contribution in [0.5, 0.6) is 0 Å². The first-order valence-corrected chi connectivity index (χ1v) is 7.38. The van der Waals surface area contributed by atoms with Gasteiger partial charge < -0.3 is 14.1 Å². The standard InChI is InChI=1S/C13H12BrFN4S/c14-9-6-11-12(7-10(9)15)19(13(20)17-11)4-1-3-18-5-2-16-8-18/h2,5-8H,1,3-4H2,(H,17,20). The van der Waals surface area contributed by atoms with E-state index in [2.05, 4.69) is 25.9 Å². The molecule has 0 saturated heterocycles. The largest absolute Gasteiger partial charge is 0.337 e. The average Bonchev–Trinajstić information content (AvgIpc) is 3.01. The maximum atomic E-state index is 13.7. The molecule has 0 radical (unpaired) electrons. The molecule has 2 heterocycles. The molecule has 20 heavy (non-hydrogen) atoms. The molecule has 4 nitrogen and oxygen atoms in total. The van der Waals surface area contributed by atoms with Crippen molar-refractivity contribution in [3.8, 4) is 0 Å². The van der Waals surface area contributed by atoms with Gasteiger partial charge >= 0.3 is 0 Å². The van der Waals surface area contributed by atoms with E-state index in [0.717, 1.165) is 30.5 Å². The molecule has 1 aromatic carbocycles. The molecule has 0 fully saturated rings. The number of aromatic amines is 1. The minimum atomic E-state index is -0.283. The van der Waals surface area contributed by atoms with E-state index in [4.69, 9.17) is 12.2 Å². The Bertz CT molecular complexity index is 791. The number of nitrogens with zero attached hydrogens (tertiary/aromatic N) is 3. The summed E-state index contributed by atoms with van der Waals surface area (Å²) < 4.78 is 18.7. The highest BCUT2D eigenvalue weighted by Gasteiger charge is 2.08. The van der Waals surface area contributed by atoms with Crippen LogP contribution in [0.15, 0.2) is 35.3 Å². The number of fused-ring (bicyclic) bond motifs is 1. The van der Waals surface area contributed by atoms with Crippen LogP contribution in [0, 0.1) is 10.6 Å². The lowest BCUT2D eigenvalue weighted by Gasteiger charge is -2.05. The van der Waals surface area contributed by atoms with Crippen molar-refractivity contribution in [2.24, 2.45) is 0 Å². The summed E-state index contributed by atoms with van der Waals surface area (Å²) in [6.07, 6.45) is 6.36. The van der Waals surface area contributed by atoms with E-state index in [1.807, 2.05) is 15.3 Å². The van der Waals surface area contributed by atoms with Crippen molar-refractivity contribution >= 4 is 39.2 Å². The van der Waals surface area contributed by atoms with Gasteiger partial charge in [-0.2, -0.15) is 0 Å². The number of H-pyrrole nitrogens is 1. The van der Waals surface area contributed by atoms with E-state index >= 15 is 0 Å². The van der Waals surface area contributed by atoms with Crippen LogP contribution in [0.4, 0.5) is 4.39 Å². The molecule has 7 heteroatoms. The highest BCUT2D eigenvalue weighted by molar-refractivity contribution is 9.10. The fraction of sp³-hybridized carbons (Fsp3) is 0.231. The van der Waals surface area contributed by atoms with Crippen molar-refractivity contribution < 1.29 is 4.39 Å². The predicted octanol–water partition coefficient (Wildman–Crippen LogP) is 3.89. The first-order valence-electron chi connectivity index (χ1n) is 6.18. The molecule has 0 amide bonds. The second-order valence-electron chi connectivity index (χ2n) is 4.52.